The number of pyridine rings is 2. The van der Waals surface area contributed by atoms with E-state index in [0.717, 1.165) is 0 Å². The molecule has 4 amide bonds. The van der Waals surface area contributed by atoms with Gasteiger partial charge in [-0.1, -0.05) is 100 Å². The van der Waals surface area contributed by atoms with E-state index in [2.05, 4.69) is 36.4 Å². The standard InChI is InChI=1S/C63H71N11O18S6/c1-62(2)52(73(32-10-34-94(79,80)81)48-25-22-43-45(56(48)62)12-8-14-50(43)97(87,88)89)27-19-39(20-28-53-63(3,4)57-46-13-9-15-51(98(90,91)92)44(46)23-26-49(57)74(53)33-11-35-95(82,83)84)47-24-18-41(37-68-47)58(77)65-30-7-5-6-16-54(75)69-38-42-21-17-40(36-67-42)59(78)66-31-29-55(76)70-60-71-72-61(93-60)96(64,85)86/h8-9,12-15,17-28,36-37,52H,5-7,10-11,16,29-35,38H2,1-4H3,(H,65,77)(H,66,78)(H,69,75)(H2,64,85,86)(H,70,71,76)(H,79,80,81)(H,82,83,84)(H,87,88,89)(H,90,91,92)/b27-19+,39-20?,53-28?. The summed E-state index contributed by atoms with van der Waals surface area (Å²) in [5.74, 6) is -2.91. The van der Waals surface area contributed by atoms with Crippen molar-refractivity contribution in [2.45, 2.75) is 110 Å². The highest BCUT2D eigenvalue weighted by atomic mass is 32.3. The number of primary sulfonamides is 1. The molecule has 0 saturated carbocycles. The lowest BCUT2D eigenvalue weighted by Crippen LogP contribution is -2.41. The molecule has 98 heavy (non-hydrogen) atoms. The van der Waals surface area contributed by atoms with Gasteiger partial charge in [0.25, 0.3) is 62.3 Å². The predicted octanol–water partition coefficient (Wildman–Crippen LogP) is 6.48. The van der Waals surface area contributed by atoms with Crippen LogP contribution in [0.2, 0.25) is 0 Å². The summed E-state index contributed by atoms with van der Waals surface area (Å²) in [6.45, 7) is 8.07. The monoisotopic (exact) mass is 1460 g/mol. The van der Waals surface area contributed by atoms with Gasteiger partial charge in [-0.05, 0) is 108 Å². The van der Waals surface area contributed by atoms with Crippen LogP contribution in [-0.4, -0.2) is 148 Å². The molecule has 4 aromatic carbocycles. The van der Waals surface area contributed by atoms with Crippen molar-refractivity contribution in [1.82, 2.24) is 36.1 Å². The third-order valence-electron chi connectivity index (χ3n) is 16.7. The molecule has 0 aliphatic carbocycles. The number of benzene rings is 4. The molecule has 10 N–H and O–H groups in total. The van der Waals surface area contributed by atoms with E-state index < -0.39 is 101 Å². The summed E-state index contributed by atoms with van der Waals surface area (Å²) >= 11 is 0.577. The van der Waals surface area contributed by atoms with E-state index >= 15 is 0 Å². The second kappa shape index (κ2) is 29.5. The van der Waals surface area contributed by atoms with Gasteiger partial charge in [-0.3, -0.25) is 47.4 Å². The molecule has 0 bridgehead atoms. The van der Waals surface area contributed by atoms with Crippen molar-refractivity contribution in [2.75, 3.05) is 52.8 Å². The van der Waals surface area contributed by atoms with Crippen molar-refractivity contribution in [2.24, 2.45) is 5.14 Å². The highest BCUT2D eigenvalue weighted by Gasteiger charge is 2.45. The van der Waals surface area contributed by atoms with Crippen LogP contribution in [0, 0.1) is 0 Å². The minimum atomic E-state index is -4.69. The summed E-state index contributed by atoms with van der Waals surface area (Å²) in [5.41, 5.74) is 2.98. The molecule has 35 heteroatoms. The predicted molar refractivity (Wildman–Crippen MR) is 367 cm³/mol. The molecule has 3 aromatic heterocycles. The Morgan fingerprint density at radius 1 is 0.612 bits per heavy atom. The van der Waals surface area contributed by atoms with E-state index in [1.54, 1.807) is 72.8 Å². The van der Waals surface area contributed by atoms with Gasteiger partial charge in [0.1, 0.15) is 9.79 Å². The number of unbranched alkanes of at least 4 members (excludes halogenated alkanes) is 2. The second-order valence-corrected chi connectivity index (χ2v) is 32.9. The van der Waals surface area contributed by atoms with Gasteiger partial charge in [0.05, 0.1) is 46.6 Å². The number of sulfonamides is 1. The van der Waals surface area contributed by atoms with Gasteiger partial charge in [-0.25, -0.2) is 13.6 Å². The van der Waals surface area contributed by atoms with Crippen molar-refractivity contribution < 1.29 is 79.5 Å². The summed E-state index contributed by atoms with van der Waals surface area (Å²) in [4.78, 5) is 63.4. The molecular weight excluding hydrogens is 1390 g/mol. The molecule has 1 unspecified atom stereocenters. The van der Waals surface area contributed by atoms with E-state index in [1.807, 2.05) is 43.6 Å². The minimum absolute atomic E-state index is 0.0193. The quantitative estimate of drug-likeness (QED) is 0.0105. The van der Waals surface area contributed by atoms with Crippen LogP contribution in [0.4, 0.5) is 16.5 Å². The molecule has 0 radical (unpaired) electrons. The number of nitrogens with one attached hydrogen (secondary N) is 4. The van der Waals surface area contributed by atoms with Crippen molar-refractivity contribution >= 4 is 129 Å². The average molecular weight is 1460 g/mol. The number of hydrogen-bond acceptors (Lipinski definition) is 21. The maximum absolute atomic E-state index is 13.6. The molecule has 2 aliphatic heterocycles. The number of carbonyl (C=O) groups excluding carboxylic acids is 4. The first-order valence-electron chi connectivity index (χ1n) is 30.5. The van der Waals surface area contributed by atoms with Crippen LogP contribution in [0.3, 0.4) is 0 Å². The lowest BCUT2D eigenvalue weighted by atomic mass is 9.78. The molecule has 2 aliphatic rings. The first-order valence-corrected chi connectivity index (χ1v) is 38.9. The molecule has 7 aromatic rings. The largest absolute Gasteiger partial charge is 0.364 e. The van der Waals surface area contributed by atoms with E-state index in [0.29, 0.717) is 86.5 Å². The third kappa shape index (κ3) is 17.7. The zero-order valence-corrected chi connectivity index (χ0v) is 58.1. The summed E-state index contributed by atoms with van der Waals surface area (Å²) in [6, 6.07) is 21.2. The third-order valence-corrected chi connectivity index (χ3v) is 22.3. The van der Waals surface area contributed by atoms with Gasteiger partial charge in [0, 0.05) is 90.1 Å². The van der Waals surface area contributed by atoms with Crippen LogP contribution < -0.4 is 36.2 Å². The van der Waals surface area contributed by atoms with E-state index in [4.69, 9.17) is 10.1 Å². The number of rotatable bonds is 29. The maximum atomic E-state index is 13.6. The number of amides is 4. The van der Waals surface area contributed by atoms with Gasteiger partial charge in [-0.2, -0.15) is 33.7 Å². The number of carbonyl (C=O) groups is 4. The van der Waals surface area contributed by atoms with Gasteiger partial charge >= 0.3 is 0 Å². The zero-order valence-electron chi connectivity index (χ0n) is 53.2. The summed E-state index contributed by atoms with van der Waals surface area (Å²) < 4.78 is 161. The number of nitrogens with two attached hydrogens (primary N) is 1. The Morgan fingerprint density at radius 3 is 1.78 bits per heavy atom. The van der Waals surface area contributed by atoms with Gasteiger partial charge in [0.15, 0.2) is 0 Å². The van der Waals surface area contributed by atoms with E-state index in [9.17, 15) is 79.5 Å². The molecule has 0 fully saturated rings. The normalized spacial score (nSPS) is 16.0. The molecule has 29 nitrogen and oxygen atoms in total. The van der Waals surface area contributed by atoms with Gasteiger partial charge in [0.2, 0.25) is 21.3 Å². The molecule has 522 valence electrons. The smallest absolute Gasteiger partial charge is 0.295 e. The maximum Gasteiger partial charge on any atom is 0.295 e. The summed E-state index contributed by atoms with van der Waals surface area (Å²) in [6.07, 6.45) is 11.5. The molecule has 5 heterocycles. The topological polar surface area (TPSA) is 452 Å². The van der Waals surface area contributed by atoms with Crippen molar-refractivity contribution in [3.63, 3.8) is 0 Å². The van der Waals surface area contributed by atoms with Gasteiger partial charge in [-0.15, -0.1) is 10.2 Å². The van der Waals surface area contributed by atoms with Crippen molar-refractivity contribution in [1.29, 1.82) is 0 Å². The number of nitrogens with zero attached hydrogens (tertiary/aromatic N) is 6. The number of allylic oxidation sites excluding steroid dienone is 5. The Hall–Kier alpha value is -8.49. The number of hydrogen-bond donors (Lipinski definition) is 9. The summed E-state index contributed by atoms with van der Waals surface area (Å²) in [7, 11) is -22.3. The Bertz CT molecular complexity index is 4970. The molecule has 9 rings (SSSR count). The van der Waals surface area contributed by atoms with Crippen LogP contribution >= 0.6 is 11.3 Å². The Morgan fingerprint density at radius 2 is 1.20 bits per heavy atom. The highest BCUT2D eigenvalue weighted by molar-refractivity contribution is 7.91. The van der Waals surface area contributed by atoms with Gasteiger partial charge < -0.3 is 31.1 Å². The second-order valence-electron chi connectivity index (χ2n) is 24.3. The number of fused-ring (bicyclic) bond motifs is 6. The summed E-state index contributed by atoms with van der Waals surface area (Å²) in [5, 5.41) is 24.0. The molecular formula is C63H71N11O18S6. The molecule has 0 spiro atoms. The fourth-order valence-corrected chi connectivity index (χ4v) is 16.0. The lowest BCUT2D eigenvalue weighted by molar-refractivity contribution is -0.121. The van der Waals surface area contributed by atoms with Crippen molar-refractivity contribution in [3.8, 4) is 0 Å². The fraction of sp³-hybridized carbons (Fsp3) is 0.333. The van der Waals surface area contributed by atoms with Crippen LogP contribution in [0.1, 0.15) is 116 Å². The Balaban J connectivity index is 0.905. The fourth-order valence-electron chi connectivity index (χ4n) is 12.2. The first kappa shape index (κ1) is 73.7. The molecule has 1 atom stereocenters. The van der Waals surface area contributed by atoms with Crippen LogP contribution in [0.5, 0.6) is 0 Å². The zero-order chi connectivity index (χ0) is 71.3. The average Bonchev–Trinajstić information content (AvgIpc) is 1.56. The Kier molecular flexibility index (Phi) is 22.2. The van der Waals surface area contributed by atoms with Crippen LogP contribution in [-0.2, 0) is 77.5 Å². The van der Waals surface area contributed by atoms with E-state index in [1.165, 1.54) is 42.7 Å². The van der Waals surface area contributed by atoms with Crippen molar-refractivity contribution in [3.05, 3.63) is 161 Å². The highest BCUT2D eigenvalue weighted by Crippen LogP contribution is 2.53. The molecule has 0 saturated heterocycles. The first-order chi connectivity index (χ1) is 45.9. The van der Waals surface area contributed by atoms with Crippen LogP contribution in [0.15, 0.2) is 141 Å². The number of aromatic nitrogens is 4. The Labute approximate surface area is 570 Å². The van der Waals surface area contributed by atoms with E-state index in [-0.39, 0.29) is 101 Å². The number of anilines is 3. The minimum Gasteiger partial charge on any atom is -0.364 e. The van der Waals surface area contributed by atoms with Crippen LogP contribution in [0.25, 0.3) is 27.1 Å². The lowest BCUT2D eigenvalue weighted by Gasteiger charge is -2.32. The SMILES string of the molecule is CC1(C)C(=CC=C(/C=C/C2N(CCCS(=O)(=O)O)c3ccc4c(S(=O)(=O)O)cccc4c3C2(C)C)c2ccc(C(=O)NCCCCCC(=O)NCc3ccc(C(=O)NCCC(=O)Nc4nnc(S(N)(=O)=O)s4)cn3)cn2)N(CCCS(=O)(=O)O)c2ccc3c(S(=O)(=O)O)cccc3c21.